The van der Waals surface area contributed by atoms with E-state index in [4.69, 9.17) is 0 Å². The van der Waals surface area contributed by atoms with Crippen molar-refractivity contribution >= 4 is 11.6 Å². The number of hydrogen-bond acceptors (Lipinski definition) is 2. The van der Waals surface area contributed by atoms with E-state index in [0.29, 0.717) is 24.7 Å². The molecular weight excluding hydrogens is 336 g/mol. The molecule has 7 heteroatoms. The highest BCUT2D eigenvalue weighted by Gasteiger charge is 2.31. The van der Waals surface area contributed by atoms with E-state index >= 15 is 0 Å². The van der Waals surface area contributed by atoms with Crippen molar-refractivity contribution in [1.82, 2.24) is 5.32 Å². The van der Waals surface area contributed by atoms with Gasteiger partial charge in [-0.15, -0.1) is 0 Å². The lowest BCUT2D eigenvalue weighted by atomic mass is 10.1. The van der Waals surface area contributed by atoms with Crippen molar-refractivity contribution in [3.05, 3.63) is 65.0 Å². The molecule has 2 aromatic carbocycles. The highest BCUT2D eigenvalue weighted by molar-refractivity contribution is 5.90. The van der Waals surface area contributed by atoms with Gasteiger partial charge in [-0.05, 0) is 41.5 Å². The van der Waals surface area contributed by atoms with Crippen molar-refractivity contribution in [2.75, 3.05) is 5.32 Å². The maximum Gasteiger partial charge on any atom is 0.416 e. The number of carbonyl (C=O) groups excluding carboxylic acids is 1. The third kappa shape index (κ3) is 5.86. The molecule has 2 N–H and O–H groups in total. The summed E-state index contributed by atoms with van der Waals surface area (Å²) in [6.45, 7) is 2.20. The molecule has 0 saturated carbocycles. The molecule has 0 aliphatic rings. The van der Waals surface area contributed by atoms with Crippen LogP contribution in [0, 0.1) is 5.82 Å². The summed E-state index contributed by atoms with van der Waals surface area (Å²) >= 11 is 0. The largest absolute Gasteiger partial charge is 0.416 e. The number of benzene rings is 2. The van der Waals surface area contributed by atoms with E-state index in [2.05, 4.69) is 10.6 Å². The minimum absolute atomic E-state index is 0.0897. The molecule has 0 radical (unpaired) electrons. The van der Waals surface area contributed by atoms with Crippen LogP contribution in [0.4, 0.5) is 23.2 Å². The van der Waals surface area contributed by atoms with Crippen LogP contribution in [-0.2, 0) is 24.1 Å². The Hall–Kier alpha value is -2.41. The maximum atomic E-state index is 13.3. The third-order valence-electron chi connectivity index (χ3n) is 3.47. The molecule has 0 bridgehead atoms. The lowest BCUT2D eigenvalue weighted by molar-refractivity contribution is -0.137. The highest BCUT2D eigenvalue weighted by Crippen LogP contribution is 2.30. The summed E-state index contributed by atoms with van der Waals surface area (Å²) in [6, 6.07) is 9.58. The molecule has 0 unspecified atom stereocenters. The number of anilines is 1. The van der Waals surface area contributed by atoms with Crippen LogP contribution in [0.2, 0.25) is 0 Å². The highest BCUT2D eigenvalue weighted by atomic mass is 19.4. The van der Waals surface area contributed by atoms with Gasteiger partial charge in [0, 0.05) is 25.2 Å². The summed E-state index contributed by atoms with van der Waals surface area (Å²) in [5.41, 5.74) is 0.703. The summed E-state index contributed by atoms with van der Waals surface area (Å²) in [4.78, 5) is 11.4. The molecule has 3 nitrogen and oxygen atoms in total. The van der Waals surface area contributed by atoms with E-state index in [1.807, 2.05) is 6.07 Å². The molecule has 0 saturated heterocycles. The standard InChI is InChI=1S/C18H18F4N2O/c1-2-17(25)24-16-5-3-4-12(8-16)10-23-11-13-6-14(18(20,21)22)9-15(19)7-13/h3-9,23H,2,10-11H2,1H3,(H,24,25). The molecule has 134 valence electrons. The Balaban J connectivity index is 1.98. The average Bonchev–Trinajstić information content (AvgIpc) is 2.54. The van der Waals surface area contributed by atoms with Crippen LogP contribution in [0.15, 0.2) is 42.5 Å². The zero-order chi connectivity index (χ0) is 18.4. The van der Waals surface area contributed by atoms with Gasteiger partial charge < -0.3 is 10.6 Å². The van der Waals surface area contributed by atoms with Crippen LogP contribution in [0.3, 0.4) is 0 Å². The second-order valence-electron chi connectivity index (χ2n) is 5.55. The third-order valence-corrected chi connectivity index (χ3v) is 3.47. The first kappa shape index (κ1) is 18.9. The Kier molecular flexibility index (Phi) is 6.14. The van der Waals surface area contributed by atoms with Gasteiger partial charge >= 0.3 is 6.18 Å². The van der Waals surface area contributed by atoms with Gasteiger partial charge in [0.1, 0.15) is 5.82 Å². The molecular formula is C18H18F4N2O. The van der Waals surface area contributed by atoms with Gasteiger partial charge in [0.15, 0.2) is 0 Å². The summed E-state index contributed by atoms with van der Waals surface area (Å²) in [6.07, 6.45) is -4.22. The van der Waals surface area contributed by atoms with Crippen molar-refractivity contribution < 1.29 is 22.4 Å². The first-order valence-corrected chi connectivity index (χ1v) is 7.74. The predicted octanol–water partition coefficient (Wildman–Crippen LogP) is 4.48. The van der Waals surface area contributed by atoms with Crippen molar-refractivity contribution in [1.29, 1.82) is 0 Å². The fraction of sp³-hybridized carbons (Fsp3) is 0.278. The molecule has 0 aromatic heterocycles. The molecule has 0 fully saturated rings. The monoisotopic (exact) mass is 354 g/mol. The normalized spacial score (nSPS) is 11.4. The van der Waals surface area contributed by atoms with E-state index < -0.39 is 17.6 Å². The van der Waals surface area contributed by atoms with Crippen LogP contribution < -0.4 is 10.6 Å². The zero-order valence-corrected chi connectivity index (χ0v) is 13.6. The van der Waals surface area contributed by atoms with Crippen LogP contribution in [0.1, 0.15) is 30.0 Å². The Morgan fingerprint density at radius 2 is 1.76 bits per heavy atom. The number of halogens is 4. The van der Waals surface area contributed by atoms with E-state index in [0.717, 1.165) is 17.7 Å². The summed E-state index contributed by atoms with van der Waals surface area (Å²) in [5.74, 6) is -1.03. The lowest BCUT2D eigenvalue weighted by Crippen LogP contribution is -2.15. The van der Waals surface area contributed by atoms with Crippen LogP contribution >= 0.6 is 0 Å². The van der Waals surface area contributed by atoms with E-state index in [1.165, 1.54) is 0 Å². The zero-order valence-electron chi connectivity index (χ0n) is 13.6. The van der Waals surface area contributed by atoms with Crippen LogP contribution in [0.5, 0.6) is 0 Å². The molecule has 1 amide bonds. The second kappa shape index (κ2) is 8.11. The Bertz CT molecular complexity index is 744. The van der Waals surface area contributed by atoms with Gasteiger partial charge in [0.05, 0.1) is 5.56 Å². The van der Waals surface area contributed by atoms with E-state index in [1.54, 1.807) is 25.1 Å². The van der Waals surface area contributed by atoms with Gasteiger partial charge in [-0.3, -0.25) is 4.79 Å². The number of alkyl halides is 3. The first-order chi connectivity index (χ1) is 11.8. The van der Waals surface area contributed by atoms with Crippen molar-refractivity contribution in [3.8, 4) is 0 Å². The fourth-order valence-corrected chi connectivity index (χ4v) is 2.28. The number of amides is 1. The number of rotatable bonds is 6. The summed E-state index contributed by atoms with van der Waals surface area (Å²) < 4.78 is 51.4. The molecule has 25 heavy (non-hydrogen) atoms. The Morgan fingerprint density at radius 1 is 1.04 bits per heavy atom. The molecule has 0 aliphatic heterocycles. The van der Waals surface area contributed by atoms with Gasteiger partial charge in [-0.2, -0.15) is 13.2 Å². The summed E-state index contributed by atoms with van der Waals surface area (Å²) in [7, 11) is 0. The SMILES string of the molecule is CCC(=O)Nc1cccc(CNCc2cc(F)cc(C(F)(F)F)c2)c1. The van der Waals surface area contributed by atoms with Gasteiger partial charge in [0.2, 0.25) is 5.91 Å². The minimum atomic E-state index is -4.58. The number of hydrogen-bond donors (Lipinski definition) is 2. The van der Waals surface area contributed by atoms with Crippen LogP contribution in [-0.4, -0.2) is 5.91 Å². The fourth-order valence-electron chi connectivity index (χ4n) is 2.28. The van der Waals surface area contributed by atoms with Gasteiger partial charge in [0.25, 0.3) is 0 Å². The van der Waals surface area contributed by atoms with Crippen molar-refractivity contribution in [3.63, 3.8) is 0 Å². The topological polar surface area (TPSA) is 41.1 Å². The molecule has 0 heterocycles. The molecule has 0 spiro atoms. The molecule has 2 rings (SSSR count). The first-order valence-electron chi connectivity index (χ1n) is 7.74. The second-order valence-corrected chi connectivity index (χ2v) is 5.55. The minimum Gasteiger partial charge on any atom is -0.326 e. The van der Waals surface area contributed by atoms with E-state index in [-0.39, 0.29) is 18.0 Å². The van der Waals surface area contributed by atoms with E-state index in [9.17, 15) is 22.4 Å². The predicted molar refractivity (Wildman–Crippen MR) is 87.3 cm³/mol. The van der Waals surface area contributed by atoms with Crippen molar-refractivity contribution in [2.45, 2.75) is 32.6 Å². The average molecular weight is 354 g/mol. The molecule has 0 atom stereocenters. The quantitative estimate of drug-likeness (QED) is 0.751. The van der Waals surface area contributed by atoms with Crippen molar-refractivity contribution in [2.24, 2.45) is 0 Å². The molecule has 2 aromatic rings. The Morgan fingerprint density at radius 3 is 2.44 bits per heavy atom. The summed E-state index contributed by atoms with van der Waals surface area (Å²) in [5, 5.41) is 5.70. The maximum absolute atomic E-state index is 13.3. The number of carbonyl (C=O) groups is 1. The Labute approximate surface area is 143 Å². The smallest absolute Gasteiger partial charge is 0.326 e. The molecule has 0 aliphatic carbocycles. The lowest BCUT2D eigenvalue weighted by Gasteiger charge is -2.11. The van der Waals surface area contributed by atoms with Gasteiger partial charge in [-0.25, -0.2) is 4.39 Å². The number of nitrogens with one attached hydrogen (secondary N) is 2. The van der Waals surface area contributed by atoms with Gasteiger partial charge in [-0.1, -0.05) is 19.1 Å². The van der Waals surface area contributed by atoms with Crippen LogP contribution in [0.25, 0.3) is 0 Å².